The van der Waals surface area contributed by atoms with Crippen LogP contribution in [0.2, 0.25) is 5.02 Å². The zero-order valence-electron chi connectivity index (χ0n) is 18.0. The van der Waals surface area contributed by atoms with Crippen molar-refractivity contribution in [3.8, 4) is 17.6 Å². The molecule has 0 aliphatic rings. The Morgan fingerprint density at radius 1 is 1.09 bits per heavy atom. The summed E-state index contributed by atoms with van der Waals surface area (Å²) in [4.78, 5) is 23.3. The smallest absolute Gasteiger partial charge is 0.301 e. The SMILES string of the molecule is CC(=O)NC(C)(C)c1ccc(Oc2nc3nc(OCc4ccccc4)c(Cl)cc3[nH]2)cc1. The van der Waals surface area contributed by atoms with Gasteiger partial charge in [-0.15, -0.1) is 0 Å². The third-order valence-electron chi connectivity index (χ3n) is 4.87. The van der Waals surface area contributed by atoms with Crippen LogP contribution in [0.1, 0.15) is 31.9 Å². The highest BCUT2D eigenvalue weighted by Gasteiger charge is 2.21. The summed E-state index contributed by atoms with van der Waals surface area (Å²) in [7, 11) is 0. The van der Waals surface area contributed by atoms with Crippen molar-refractivity contribution >= 4 is 28.7 Å². The van der Waals surface area contributed by atoms with Gasteiger partial charge in [-0.1, -0.05) is 54.1 Å². The molecule has 0 aliphatic carbocycles. The fourth-order valence-electron chi connectivity index (χ4n) is 3.32. The topological polar surface area (TPSA) is 89.1 Å². The number of nitrogens with zero attached hydrogens (tertiary/aromatic N) is 2. The van der Waals surface area contributed by atoms with Crippen LogP contribution in [0.15, 0.2) is 60.7 Å². The number of halogens is 1. The molecule has 2 aromatic carbocycles. The predicted octanol–water partition coefficient (Wildman–Crippen LogP) is 5.35. The Morgan fingerprint density at radius 2 is 1.81 bits per heavy atom. The predicted molar refractivity (Wildman–Crippen MR) is 123 cm³/mol. The van der Waals surface area contributed by atoms with Crippen LogP contribution >= 0.6 is 11.6 Å². The van der Waals surface area contributed by atoms with E-state index in [0.29, 0.717) is 34.4 Å². The summed E-state index contributed by atoms with van der Waals surface area (Å²) in [5, 5.41) is 3.31. The number of fused-ring (bicyclic) bond motifs is 1. The number of imidazole rings is 1. The number of aromatic nitrogens is 3. The Labute approximate surface area is 190 Å². The Morgan fingerprint density at radius 3 is 2.50 bits per heavy atom. The summed E-state index contributed by atoms with van der Waals surface area (Å²) in [6, 6.07) is 19.2. The molecule has 1 amide bonds. The van der Waals surface area contributed by atoms with Crippen molar-refractivity contribution in [3.05, 3.63) is 76.8 Å². The first kappa shape index (κ1) is 21.6. The lowest BCUT2D eigenvalue weighted by molar-refractivity contribution is -0.120. The highest BCUT2D eigenvalue weighted by molar-refractivity contribution is 6.32. The number of carbonyl (C=O) groups excluding carboxylic acids is 1. The number of carbonyl (C=O) groups is 1. The molecular weight excluding hydrogens is 428 g/mol. The number of hydrogen-bond donors (Lipinski definition) is 2. The van der Waals surface area contributed by atoms with Crippen LogP contribution in [-0.4, -0.2) is 20.9 Å². The monoisotopic (exact) mass is 450 g/mol. The molecule has 7 nitrogen and oxygen atoms in total. The molecule has 0 bridgehead atoms. The van der Waals surface area contributed by atoms with Gasteiger partial charge in [0.25, 0.3) is 0 Å². The van der Waals surface area contributed by atoms with Gasteiger partial charge < -0.3 is 19.8 Å². The maximum absolute atomic E-state index is 11.4. The first-order valence-electron chi connectivity index (χ1n) is 10.1. The second-order valence-corrected chi connectivity index (χ2v) is 8.30. The molecule has 32 heavy (non-hydrogen) atoms. The molecule has 0 saturated carbocycles. The number of H-pyrrole nitrogens is 1. The molecule has 0 saturated heterocycles. The summed E-state index contributed by atoms with van der Waals surface area (Å²) in [6.45, 7) is 5.74. The molecule has 2 N–H and O–H groups in total. The van der Waals surface area contributed by atoms with E-state index in [1.807, 2.05) is 68.4 Å². The average molecular weight is 451 g/mol. The highest BCUT2D eigenvalue weighted by Crippen LogP contribution is 2.29. The van der Waals surface area contributed by atoms with E-state index in [-0.39, 0.29) is 11.9 Å². The first-order chi connectivity index (χ1) is 15.3. The van der Waals surface area contributed by atoms with Gasteiger partial charge in [-0.2, -0.15) is 9.97 Å². The van der Waals surface area contributed by atoms with E-state index in [9.17, 15) is 4.79 Å². The molecule has 0 fully saturated rings. The normalized spacial score (nSPS) is 11.4. The van der Waals surface area contributed by atoms with Crippen LogP contribution in [0, 0.1) is 0 Å². The van der Waals surface area contributed by atoms with Gasteiger partial charge in [-0.05, 0) is 43.2 Å². The molecule has 2 heterocycles. The quantitative estimate of drug-likeness (QED) is 0.396. The molecule has 8 heteroatoms. The summed E-state index contributed by atoms with van der Waals surface area (Å²) in [5.41, 5.74) is 2.57. The molecule has 0 spiro atoms. The second kappa shape index (κ2) is 8.88. The largest absolute Gasteiger partial charge is 0.472 e. The lowest BCUT2D eigenvalue weighted by Gasteiger charge is -2.26. The van der Waals surface area contributed by atoms with Gasteiger partial charge in [0, 0.05) is 6.92 Å². The summed E-state index contributed by atoms with van der Waals surface area (Å²) in [5.74, 6) is 0.819. The molecular formula is C24H23ClN4O3. The Kier molecular flexibility index (Phi) is 6.01. The highest BCUT2D eigenvalue weighted by atomic mass is 35.5. The number of amides is 1. The summed E-state index contributed by atoms with van der Waals surface area (Å²) in [6.07, 6.45) is 0. The van der Waals surface area contributed by atoms with Gasteiger partial charge >= 0.3 is 6.01 Å². The average Bonchev–Trinajstić information content (AvgIpc) is 3.13. The van der Waals surface area contributed by atoms with Crippen LogP contribution < -0.4 is 14.8 Å². The van der Waals surface area contributed by atoms with Gasteiger partial charge in [-0.25, -0.2) is 0 Å². The lowest BCUT2D eigenvalue weighted by Crippen LogP contribution is -2.39. The minimum absolute atomic E-state index is 0.0871. The maximum atomic E-state index is 11.4. The van der Waals surface area contributed by atoms with Crippen molar-refractivity contribution in [3.63, 3.8) is 0 Å². The maximum Gasteiger partial charge on any atom is 0.301 e. The van der Waals surface area contributed by atoms with E-state index in [4.69, 9.17) is 21.1 Å². The van der Waals surface area contributed by atoms with Crippen LogP contribution in [0.3, 0.4) is 0 Å². The first-order valence-corrected chi connectivity index (χ1v) is 10.5. The number of rotatable bonds is 7. The minimum atomic E-state index is -0.486. The number of ether oxygens (including phenoxy) is 2. The van der Waals surface area contributed by atoms with Crippen molar-refractivity contribution in [1.82, 2.24) is 20.3 Å². The van der Waals surface area contributed by atoms with E-state index >= 15 is 0 Å². The molecule has 0 aliphatic heterocycles. The number of hydrogen-bond acceptors (Lipinski definition) is 5. The molecule has 4 rings (SSSR count). The van der Waals surface area contributed by atoms with Crippen LogP contribution in [0.25, 0.3) is 11.2 Å². The van der Waals surface area contributed by atoms with Gasteiger partial charge in [0.1, 0.15) is 17.4 Å². The van der Waals surface area contributed by atoms with E-state index in [0.717, 1.165) is 11.1 Å². The number of pyridine rings is 1. The van der Waals surface area contributed by atoms with Gasteiger partial charge in [0.05, 0.1) is 11.1 Å². The Balaban J connectivity index is 1.48. The fraction of sp³-hybridized carbons (Fsp3) is 0.208. The van der Waals surface area contributed by atoms with Crippen molar-refractivity contribution < 1.29 is 14.3 Å². The van der Waals surface area contributed by atoms with Crippen molar-refractivity contribution in [2.75, 3.05) is 0 Å². The van der Waals surface area contributed by atoms with Crippen LogP contribution in [0.5, 0.6) is 17.6 Å². The number of nitrogens with one attached hydrogen (secondary N) is 2. The van der Waals surface area contributed by atoms with Crippen LogP contribution in [-0.2, 0) is 16.9 Å². The molecule has 4 aromatic rings. The Hall–Kier alpha value is -3.58. The van der Waals surface area contributed by atoms with Crippen molar-refractivity contribution in [2.45, 2.75) is 32.9 Å². The van der Waals surface area contributed by atoms with Gasteiger partial charge in [0.15, 0.2) is 5.65 Å². The standard InChI is InChI=1S/C24H23ClN4O3/c1-15(30)29-24(2,3)17-9-11-18(12-10-17)32-23-26-20-13-19(25)22(27-21(20)28-23)31-14-16-7-5-4-6-8-16/h4-13H,14H2,1-3H3,(H,29,30)(H,26,27,28). The van der Waals surface area contributed by atoms with E-state index < -0.39 is 5.54 Å². The molecule has 2 aromatic heterocycles. The minimum Gasteiger partial charge on any atom is -0.472 e. The van der Waals surface area contributed by atoms with Crippen LogP contribution in [0.4, 0.5) is 0 Å². The Bertz CT molecular complexity index is 1240. The zero-order chi connectivity index (χ0) is 22.7. The number of aromatic amines is 1. The van der Waals surface area contributed by atoms with E-state index in [1.54, 1.807) is 6.07 Å². The van der Waals surface area contributed by atoms with E-state index in [1.165, 1.54) is 6.92 Å². The lowest BCUT2D eigenvalue weighted by atomic mass is 9.94. The van der Waals surface area contributed by atoms with Gasteiger partial charge in [-0.3, -0.25) is 4.79 Å². The van der Waals surface area contributed by atoms with E-state index in [2.05, 4.69) is 20.3 Å². The zero-order valence-corrected chi connectivity index (χ0v) is 18.7. The summed E-state index contributed by atoms with van der Waals surface area (Å²) >= 11 is 6.33. The third-order valence-corrected chi connectivity index (χ3v) is 5.14. The van der Waals surface area contributed by atoms with Crippen molar-refractivity contribution in [2.24, 2.45) is 0 Å². The third kappa shape index (κ3) is 5.00. The number of benzene rings is 2. The molecule has 0 radical (unpaired) electrons. The molecule has 0 unspecified atom stereocenters. The van der Waals surface area contributed by atoms with Crippen molar-refractivity contribution in [1.29, 1.82) is 0 Å². The fourth-order valence-corrected chi connectivity index (χ4v) is 3.52. The molecule has 164 valence electrons. The summed E-state index contributed by atoms with van der Waals surface area (Å²) < 4.78 is 11.6. The second-order valence-electron chi connectivity index (χ2n) is 7.90. The van der Waals surface area contributed by atoms with Gasteiger partial charge in [0.2, 0.25) is 11.8 Å². The molecule has 0 atom stereocenters.